The van der Waals surface area contributed by atoms with E-state index in [-0.39, 0.29) is 17.6 Å². The molecular weight excluding hydrogens is 292 g/mol. The molecule has 0 aromatic heterocycles. The minimum atomic E-state index is -0.374. The van der Waals surface area contributed by atoms with Gasteiger partial charge in [-0.25, -0.2) is 4.79 Å². The Balaban J connectivity index is 2.24. The van der Waals surface area contributed by atoms with Crippen LogP contribution >= 0.6 is 0 Å². The number of carbonyl (C=O) groups excluding carboxylic acids is 1. The zero-order valence-corrected chi connectivity index (χ0v) is 14.9. The van der Waals surface area contributed by atoms with Crippen molar-refractivity contribution in [2.45, 2.75) is 47.1 Å². The van der Waals surface area contributed by atoms with Gasteiger partial charge in [-0.3, -0.25) is 0 Å². The Labute approximate surface area is 139 Å². The lowest BCUT2D eigenvalue weighted by Gasteiger charge is -2.26. The SMILES string of the molecule is Cc1cc(C)cc(OCCNC(=O)NCC(C)(C)CC(C)O)c1. The number of carbonyl (C=O) groups is 1. The molecule has 1 atom stereocenters. The summed E-state index contributed by atoms with van der Waals surface area (Å²) in [6.45, 7) is 11.2. The molecule has 0 aliphatic carbocycles. The molecule has 0 aliphatic heterocycles. The molecule has 5 heteroatoms. The Morgan fingerprint density at radius 2 is 1.83 bits per heavy atom. The summed E-state index contributed by atoms with van der Waals surface area (Å²) in [5, 5.41) is 15.0. The molecule has 3 N–H and O–H groups in total. The summed E-state index contributed by atoms with van der Waals surface area (Å²) in [5.41, 5.74) is 2.18. The van der Waals surface area contributed by atoms with Gasteiger partial charge in [0.05, 0.1) is 12.6 Å². The van der Waals surface area contributed by atoms with Crippen molar-refractivity contribution in [2.75, 3.05) is 19.7 Å². The van der Waals surface area contributed by atoms with Crippen LogP contribution in [-0.2, 0) is 0 Å². The Hall–Kier alpha value is -1.75. The molecule has 0 spiro atoms. The lowest BCUT2D eigenvalue weighted by molar-refractivity contribution is 0.128. The Bertz CT molecular complexity index is 493. The van der Waals surface area contributed by atoms with Crippen LogP contribution in [0.25, 0.3) is 0 Å². The van der Waals surface area contributed by atoms with Crippen LogP contribution in [0.1, 0.15) is 38.3 Å². The van der Waals surface area contributed by atoms with E-state index in [1.165, 1.54) is 0 Å². The molecule has 0 heterocycles. The van der Waals surface area contributed by atoms with Crippen LogP contribution in [-0.4, -0.2) is 36.9 Å². The van der Waals surface area contributed by atoms with E-state index in [1.54, 1.807) is 6.92 Å². The lowest BCUT2D eigenvalue weighted by atomic mass is 9.87. The zero-order chi connectivity index (χ0) is 17.5. The van der Waals surface area contributed by atoms with E-state index in [1.807, 2.05) is 39.8 Å². The van der Waals surface area contributed by atoms with Gasteiger partial charge in [-0.15, -0.1) is 0 Å². The van der Waals surface area contributed by atoms with E-state index < -0.39 is 0 Å². The first-order valence-corrected chi connectivity index (χ1v) is 8.09. The minimum Gasteiger partial charge on any atom is -0.492 e. The van der Waals surface area contributed by atoms with Gasteiger partial charge in [0.15, 0.2) is 0 Å². The standard InChI is InChI=1S/C18H30N2O3/c1-13-8-14(2)10-16(9-13)23-7-6-19-17(22)20-12-18(4,5)11-15(3)21/h8-10,15,21H,6-7,11-12H2,1-5H3,(H2,19,20,22). The average molecular weight is 322 g/mol. The smallest absolute Gasteiger partial charge is 0.314 e. The van der Waals surface area contributed by atoms with Crippen molar-refractivity contribution < 1.29 is 14.6 Å². The molecule has 1 unspecified atom stereocenters. The van der Waals surface area contributed by atoms with E-state index in [2.05, 4.69) is 16.7 Å². The van der Waals surface area contributed by atoms with Crippen LogP contribution in [0.3, 0.4) is 0 Å². The largest absolute Gasteiger partial charge is 0.492 e. The zero-order valence-electron chi connectivity index (χ0n) is 14.9. The van der Waals surface area contributed by atoms with Crippen molar-refractivity contribution in [3.05, 3.63) is 29.3 Å². The van der Waals surface area contributed by atoms with E-state index in [4.69, 9.17) is 4.74 Å². The minimum absolute atomic E-state index is 0.138. The summed E-state index contributed by atoms with van der Waals surface area (Å²) in [6.07, 6.45) is 0.268. The molecule has 23 heavy (non-hydrogen) atoms. The first-order valence-electron chi connectivity index (χ1n) is 8.09. The van der Waals surface area contributed by atoms with Gasteiger partial charge < -0.3 is 20.5 Å². The number of amides is 2. The first kappa shape index (κ1) is 19.3. The van der Waals surface area contributed by atoms with Crippen LogP contribution in [0.5, 0.6) is 5.75 Å². The van der Waals surface area contributed by atoms with Gasteiger partial charge >= 0.3 is 6.03 Å². The summed E-state index contributed by atoms with van der Waals surface area (Å²) in [4.78, 5) is 11.8. The van der Waals surface area contributed by atoms with E-state index >= 15 is 0 Å². The molecule has 0 saturated carbocycles. The Kier molecular flexibility index (Phi) is 7.36. The third kappa shape index (κ3) is 8.45. The number of nitrogens with one attached hydrogen (secondary N) is 2. The van der Waals surface area contributed by atoms with Crippen LogP contribution in [0.2, 0.25) is 0 Å². The van der Waals surface area contributed by atoms with Crippen LogP contribution in [0, 0.1) is 19.3 Å². The Morgan fingerprint density at radius 1 is 1.22 bits per heavy atom. The maximum Gasteiger partial charge on any atom is 0.314 e. The van der Waals surface area contributed by atoms with Crippen molar-refractivity contribution in [3.8, 4) is 5.75 Å². The molecule has 0 fully saturated rings. The summed E-state index contributed by atoms with van der Waals surface area (Å²) in [7, 11) is 0. The van der Waals surface area contributed by atoms with Gasteiger partial charge in [0.25, 0.3) is 0 Å². The van der Waals surface area contributed by atoms with Gasteiger partial charge in [0.1, 0.15) is 12.4 Å². The maximum atomic E-state index is 11.8. The number of hydrogen-bond acceptors (Lipinski definition) is 3. The number of aliphatic hydroxyl groups is 1. The molecular formula is C18H30N2O3. The summed E-state index contributed by atoms with van der Waals surface area (Å²) >= 11 is 0. The fourth-order valence-electron chi connectivity index (χ4n) is 2.60. The highest BCUT2D eigenvalue weighted by atomic mass is 16.5. The topological polar surface area (TPSA) is 70.6 Å². The normalized spacial score (nSPS) is 12.6. The molecule has 0 aliphatic rings. The lowest BCUT2D eigenvalue weighted by Crippen LogP contribution is -2.42. The van der Waals surface area contributed by atoms with Gasteiger partial charge in [-0.2, -0.15) is 0 Å². The maximum absolute atomic E-state index is 11.8. The van der Waals surface area contributed by atoms with Crippen molar-refractivity contribution >= 4 is 6.03 Å². The molecule has 1 aromatic rings. The second kappa shape index (κ2) is 8.77. The van der Waals surface area contributed by atoms with Crippen LogP contribution in [0.4, 0.5) is 4.79 Å². The van der Waals surface area contributed by atoms with Crippen molar-refractivity contribution in [1.82, 2.24) is 10.6 Å². The third-order valence-electron chi connectivity index (χ3n) is 3.43. The number of benzene rings is 1. The number of urea groups is 1. The summed E-state index contributed by atoms with van der Waals surface area (Å²) in [5.74, 6) is 0.822. The predicted octanol–water partition coefficient (Wildman–Crippen LogP) is 2.78. The number of hydrogen-bond donors (Lipinski definition) is 3. The second-order valence-corrected chi connectivity index (χ2v) is 7.00. The Morgan fingerprint density at radius 3 is 2.39 bits per heavy atom. The number of aryl methyl sites for hydroxylation is 2. The highest BCUT2D eigenvalue weighted by Gasteiger charge is 2.20. The van der Waals surface area contributed by atoms with E-state index in [0.29, 0.717) is 26.1 Å². The van der Waals surface area contributed by atoms with Gasteiger partial charge in [0, 0.05) is 6.54 Å². The molecule has 2 amide bonds. The van der Waals surface area contributed by atoms with E-state index in [0.717, 1.165) is 16.9 Å². The van der Waals surface area contributed by atoms with Gasteiger partial charge in [0.2, 0.25) is 0 Å². The molecule has 130 valence electrons. The quantitative estimate of drug-likeness (QED) is 0.645. The number of ether oxygens (including phenoxy) is 1. The van der Waals surface area contributed by atoms with Crippen molar-refractivity contribution in [1.29, 1.82) is 0 Å². The monoisotopic (exact) mass is 322 g/mol. The first-order chi connectivity index (χ1) is 10.7. The average Bonchev–Trinajstić information content (AvgIpc) is 2.39. The van der Waals surface area contributed by atoms with E-state index in [9.17, 15) is 9.90 Å². The third-order valence-corrected chi connectivity index (χ3v) is 3.43. The molecule has 5 nitrogen and oxygen atoms in total. The number of aliphatic hydroxyl groups excluding tert-OH is 1. The predicted molar refractivity (Wildman–Crippen MR) is 92.9 cm³/mol. The molecule has 0 radical (unpaired) electrons. The van der Waals surface area contributed by atoms with Crippen LogP contribution < -0.4 is 15.4 Å². The van der Waals surface area contributed by atoms with Crippen LogP contribution in [0.15, 0.2) is 18.2 Å². The van der Waals surface area contributed by atoms with Gasteiger partial charge in [-0.05, 0) is 55.9 Å². The van der Waals surface area contributed by atoms with Crippen molar-refractivity contribution in [2.24, 2.45) is 5.41 Å². The molecule has 1 aromatic carbocycles. The molecule has 0 saturated heterocycles. The molecule has 0 bridgehead atoms. The van der Waals surface area contributed by atoms with Gasteiger partial charge in [-0.1, -0.05) is 19.9 Å². The summed E-state index contributed by atoms with van der Waals surface area (Å²) < 4.78 is 5.64. The fraction of sp³-hybridized carbons (Fsp3) is 0.611. The second-order valence-electron chi connectivity index (χ2n) is 7.00. The fourth-order valence-corrected chi connectivity index (χ4v) is 2.60. The highest BCUT2D eigenvalue weighted by Crippen LogP contribution is 2.20. The summed E-state index contributed by atoms with van der Waals surface area (Å²) in [6, 6.07) is 5.83. The number of rotatable bonds is 8. The van der Waals surface area contributed by atoms with Crippen molar-refractivity contribution in [3.63, 3.8) is 0 Å². The highest BCUT2D eigenvalue weighted by molar-refractivity contribution is 5.73. The molecule has 1 rings (SSSR count).